The zero-order valence-corrected chi connectivity index (χ0v) is 11.6. The highest BCUT2D eigenvalue weighted by atomic mass is 32.2. The molecule has 0 aliphatic rings. The van der Waals surface area contributed by atoms with Crippen LogP contribution in [0, 0.1) is 5.82 Å². The highest BCUT2D eigenvalue weighted by Gasteiger charge is 2.08. The first kappa shape index (κ1) is 14.9. The van der Waals surface area contributed by atoms with E-state index < -0.39 is 15.7 Å². The van der Waals surface area contributed by atoms with Crippen molar-refractivity contribution in [3.8, 4) is 5.75 Å². The van der Waals surface area contributed by atoms with E-state index in [1.807, 2.05) is 4.90 Å². The van der Waals surface area contributed by atoms with Gasteiger partial charge in [-0.05, 0) is 24.7 Å². The quantitative estimate of drug-likeness (QED) is 0.785. The largest absolute Gasteiger partial charge is 0.494 e. The van der Waals surface area contributed by atoms with E-state index in [0.29, 0.717) is 13.1 Å². The van der Waals surface area contributed by atoms with Gasteiger partial charge in [-0.15, -0.1) is 0 Å². The summed E-state index contributed by atoms with van der Waals surface area (Å²) in [5.74, 6) is -0.105. The molecule has 0 radical (unpaired) electrons. The average molecular weight is 275 g/mol. The number of methoxy groups -OCH3 is 1. The Morgan fingerprint density at radius 2 is 2.06 bits per heavy atom. The third kappa shape index (κ3) is 5.01. The van der Waals surface area contributed by atoms with Crippen molar-refractivity contribution in [3.63, 3.8) is 0 Å². The maximum atomic E-state index is 13.4. The van der Waals surface area contributed by atoms with Gasteiger partial charge < -0.3 is 9.64 Å². The third-order valence-corrected chi connectivity index (χ3v) is 3.44. The minimum Gasteiger partial charge on any atom is -0.494 e. The summed E-state index contributed by atoms with van der Waals surface area (Å²) < 4.78 is 40.3. The van der Waals surface area contributed by atoms with Gasteiger partial charge in [0.2, 0.25) is 0 Å². The maximum Gasteiger partial charge on any atom is 0.165 e. The molecule has 0 spiro atoms. The first-order chi connectivity index (χ1) is 8.31. The van der Waals surface area contributed by atoms with Gasteiger partial charge in [-0.3, -0.25) is 0 Å². The van der Waals surface area contributed by atoms with Gasteiger partial charge in [0.1, 0.15) is 9.84 Å². The second kappa shape index (κ2) is 6.15. The van der Waals surface area contributed by atoms with E-state index in [1.54, 1.807) is 19.2 Å². The molecule has 6 heteroatoms. The Kier molecular flexibility index (Phi) is 5.10. The summed E-state index contributed by atoms with van der Waals surface area (Å²) in [5, 5.41) is 0. The van der Waals surface area contributed by atoms with Crippen LogP contribution in [0.1, 0.15) is 5.56 Å². The van der Waals surface area contributed by atoms with Crippen LogP contribution in [0.25, 0.3) is 0 Å². The van der Waals surface area contributed by atoms with Crippen LogP contribution in [-0.2, 0) is 16.4 Å². The molecule has 0 amide bonds. The Bertz CT molecular complexity index is 502. The minimum atomic E-state index is -2.97. The van der Waals surface area contributed by atoms with Gasteiger partial charge in [0.25, 0.3) is 0 Å². The molecule has 0 atom stereocenters. The van der Waals surface area contributed by atoms with Crippen LogP contribution in [0.3, 0.4) is 0 Å². The smallest absolute Gasteiger partial charge is 0.165 e. The molecule has 1 aromatic rings. The Balaban J connectivity index is 2.59. The number of halogens is 1. The topological polar surface area (TPSA) is 46.6 Å². The molecule has 0 bridgehead atoms. The molecule has 1 aromatic carbocycles. The molecule has 0 saturated heterocycles. The zero-order valence-electron chi connectivity index (χ0n) is 10.8. The maximum absolute atomic E-state index is 13.4. The first-order valence-corrected chi connectivity index (χ1v) is 7.56. The lowest BCUT2D eigenvalue weighted by Crippen LogP contribution is -2.24. The Labute approximate surface area is 107 Å². The predicted octanol–water partition coefficient (Wildman–Crippen LogP) is 1.31. The van der Waals surface area contributed by atoms with Crippen molar-refractivity contribution in [3.05, 3.63) is 29.6 Å². The fourth-order valence-corrected chi connectivity index (χ4v) is 2.16. The number of hydrogen-bond acceptors (Lipinski definition) is 4. The van der Waals surface area contributed by atoms with Crippen molar-refractivity contribution in [2.24, 2.45) is 0 Å². The van der Waals surface area contributed by atoms with E-state index in [4.69, 9.17) is 4.74 Å². The van der Waals surface area contributed by atoms with Crippen LogP contribution in [0.15, 0.2) is 18.2 Å². The lowest BCUT2D eigenvalue weighted by atomic mass is 10.2. The fourth-order valence-electron chi connectivity index (χ4n) is 1.52. The fraction of sp³-hybridized carbons (Fsp3) is 0.500. The van der Waals surface area contributed by atoms with Gasteiger partial charge in [-0.25, -0.2) is 12.8 Å². The third-order valence-electron chi connectivity index (χ3n) is 2.51. The number of sulfone groups is 1. The van der Waals surface area contributed by atoms with Gasteiger partial charge in [0, 0.05) is 19.3 Å². The van der Waals surface area contributed by atoms with E-state index in [0.717, 1.165) is 5.56 Å². The van der Waals surface area contributed by atoms with Crippen molar-refractivity contribution in [1.82, 2.24) is 4.90 Å². The van der Waals surface area contributed by atoms with Crippen molar-refractivity contribution < 1.29 is 17.5 Å². The zero-order chi connectivity index (χ0) is 13.8. The number of hydrogen-bond donors (Lipinski definition) is 0. The number of nitrogens with zero attached hydrogens (tertiary/aromatic N) is 1. The van der Waals surface area contributed by atoms with Crippen LogP contribution in [0.5, 0.6) is 5.75 Å². The summed E-state index contributed by atoms with van der Waals surface area (Å²) >= 11 is 0. The van der Waals surface area contributed by atoms with Crippen molar-refractivity contribution in [2.75, 3.05) is 32.7 Å². The van der Waals surface area contributed by atoms with Gasteiger partial charge >= 0.3 is 0 Å². The normalized spacial score (nSPS) is 11.8. The summed E-state index contributed by atoms with van der Waals surface area (Å²) in [5.41, 5.74) is 0.782. The van der Waals surface area contributed by atoms with Crippen molar-refractivity contribution in [2.45, 2.75) is 6.54 Å². The number of rotatable bonds is 6. The average Bonchev–Trinajstić information content (AvgIpc) is 2.26. The molecule has 0 aliphatic carbocycles. The Morgan fingerprint density at radius 1 is 1.39 bits per heavy atom. The van der Waals surface area contributed by atoms with Gasteiger partial charge in [0.05, 0.1) is 12.9 Å². The molecule has 1 rings (SSSR count). The molecule has 4 nitrogen and oxygen atoms in total. The summed E-state index contributed by atoms with van der Waals surface area (Å²) in [7, 11) is 0.246. The lowest BCUT2D eigenvalue weighted by Gasteiger charge is -2.16. The summed E-state index contributed by atoms with van der Waals surface area (Å²) in [6.45, 7) is 0.920. The van der Waals surface area contributed by atoms with E-state index >= 15 is 0 Å². The van der Waals surface area contributed by atoms with Gasteiger partial charge in [-0.1, -0.05) is 6.07 Å². The van der Waals surface area contributed by atoms with Gasteiger partial charge in [0.15, 0.2) is 11.6 Å². The molecule has 0 heterocycles. The van der Waals surface area contributed by atoms with E-state index in [2.05, 4.69) is 0 Å². The van der Waals surface area contributed by atoms with Crippen LogP contribution in [0.4, 0.5) is 4.39 Å². The Morgan fingerprint density at radius 3 is 2.56 bits per heavy atom. The summed E-state index contributed by atoms with van der Waals surface area (Å²) in [6, 6.07) is 4.73. The molecule has 0 aliphatic heterocycles. The number of ether oxygens (including phenoxy) is 1. The molecular formula is C12H18FNO3S. The molecule has 0 aromatic heterocycles. The van der Waals surface area contributed by atoms with Crippen molar-refractivity contribution in [1.29, 1.82) is 0 Å². The van der Waals surface area contributed by atoms with E-state index in [-0.39, 0.29) is 11.5 Å². The molecule has 0 unspecified atom stereocenters. The van der Waals surface area contributed by atoms with Crippen LogP contribution in [0.2, 0.25) is 0 Å². The predicted molar refractivity (Wildman–Crippen MR) is 69.0 cm³/mol. The second-order valence-electron chi connectivity index (χ2n) is 4.34. The van der Waals surface area contributed by atoms with Crippen LogP contribution >= 0.6 is 0 Å². The summed E-state index contributed by atoms with van der Waals surface area (Å²) in [6.07, 6.45) is 1.20. The molecule has 102 valence electrons. The lowest BCUT2D eigenvalue weighted by molar-refractivity contribution is 0.344. The molecule has 0 saturated carbocycles. The standard InChI is InChI=1S/C12H18FNO3S/c1-14(6-7-18(3,15)16)9-10-4-5-12(17-2)11(13)8-10/h4-5,8H,6-7,9H2,1-3H3. The molecule has 0 N–H and O–H groups in total. The van der Waals surface area contributed by atoms with Crippen molar-refractivity contribution >= 4 is 9.84 Å². The highest BCUT2D eigenvalue weighted by Crippen LogP contribution is 2.18. The van der Waals surface area contributed by atoms with Crippen LogP contribution in [-0.4, -0.2) is 46.0 Å². The summed E-state index contributed by atoms with van der Waals surface area (Å²) in [4.78, 5) is 1.84. The van der Waals surface area contributed by atoms with Crippen LogP contribution < -0.4 is 4.74 Å². The molecule has 0 fully saturated rings. The second-order valence-corrected chi connectivity index (χ2v) is 6.60. The van der Waals surface area contributed by atoms with Gasteiger partial charge in [-0.2, -0.15) is 0 Å². The Hall–Kier alpha value is -1.14. The first-order valence-electron chi connectivity index (χ1n) is 5.50. The molecular weight excluding hydrogens is 257 g/mol. The van der Waals surface area contributed by atoms with E-state index in [1.165, 1.54) is 19.4 Å². The number of benzene rings is 1. The minimum absolute atomic E-state index is 0.0993. The highest BCUT2D eigenvalue weighted by molar-refractivity contribution is 7.90. The van der Waals surface area contributed by atoms with E-state index in [9.17, 15) is 12.8 Å². The molecule has 18 heavy (non-hydrogen) atoms. The monoisotopic (exact) mass is 275 g/mol. The SMILES string of the molecule is COc1ccc(CN(C)CCS(C)(=O)=O)cc1F.